The molecular weight excluding hydrogens is 258 g/mol. The van der Waals surface area contributed by atoms with Gasteiger partial charge in [0.15, 0.2) is 11.6 Å². The molecule has 4 heteroatoms. The Morgan fingerprint density at radius 2 is 1.80 bits per heavy atom. The van der Waals surface area contributed by atoms with Gasteiger partial charge in [0.1, 0.15) is 0 Å². The van der Waals surface area contributed by atoms with Crippen molar-refractivity contribution in [1.82, 2.24) is 5.43 Å². The molecule has 0 bridgehead atoms. The molecule has 0 aliphatic rings. The molecule has 106 valence electrons. The quantitative estimate of drug-likeness (QED) is 0.664. The Balaban J connectivity index is 2.34. The lowest BCUT2D eigenvalue weighted by Crippen LogP contribution is -2.30. The standard InChI is InChI=1S/C16H18F2N2/c1-10-5-3-7-13(11(10)2)15(20-19)9-12-6-4-8-14(17)16(12)18/h3-8,15,20H,9,19H2,1-2H3. The zero-order valence-corrected chi connectivity index (χ0v) is 11.6. The molecule has 0 spiro atoms. The Bertz CT molecular complexity index is 611. The second-order valence-corrected chi connectivity index (χ2v) is 4.93. The predicted octanol–water partition coefficient (Wildman–Crippen LogP) is 3.33. The van der Waals surface area contributed by atoms with Gasteiger partial charge in [-0.25, -0.2) is 8.78 Å². The van der Waals surface area contributed by atoms with E-state index in [1.165, 1.54) is 6.07 Å². The van der Waals surface area contributed by atoms with Crippen LogP contribution in [0.15, 0.2) is 36.4 Å². The van der Waals surface area contributed by atoms with Gasteiger partial charge in [0.05, 0.1) is 6.04 Å². The maximum Gasteiger partial charge on any atom is 0.162 e. The van der Waals surface area contributed by atoms with E-state index in [1.807, 2.05) is 32.0 Å². The largest absolute Gasteiger partial charge is 0.271 e. The molecule has 0 aliphatic carbocycles. The van der Waals surface area contributed by atoms with Gasteiger partial charge in [-0.3, -0.25) is 11.3 Å². The molecule has 0 saturated heterocycles. The number of nitrogens with one attached hydrogen (secondary N) is 1. The molecule has 0 saturated carbocycles. The van der Waals surface area contributed by atoms with Crippen molar-refractivity contribution >= 4 is 0 Å². The second kappa shape index (κ2) is 6.11. The molecule has 1 atom stereocenters. The van der Waals surface area contributed by atoms with Gasteiger partial charge in [0.2, 0.25) is 0 Å². The average molecular weight is 276 g/mol. The normalized spacial score (nSPS) is 12.4. The first-order valence-electron chi connectivity index (χ1n) is 6.49. The number of aryl methyl sites for hydroxylation is 1. The Morgan fingerprint density at radius 1 is 1.10 bits per heavy atom. The number of halogens is 2. The molecule has 0 heterocycles. The van der Waals surface area contributed by atoms with Crippen molar-refractivity contribution in [3.8, 4) is 0 Å². The van der Waals surface area contributed by atoms with E-state index in [1.54, 1.807) is 6.07 Å². The first-order chi connectivity index (χ1) is 9.54. The van der Waals surface area contributed by atoms with Crippen molar-refractivity contribution in [2.24, 2.45) is 5.84 Å². The van der Waals surface area contributed by atoms with Gasteiger partial charge in [-0.15, -0.1) is 0 Å². The fraction of sp³-hybridized carbons (Fsp3) is 0.250. The van der Waals surface area contributed by atoms with Crippen LogP contribution in [0.3, 0.4) is 0 Å². The van der Waals surface area contributed by atoms with Gasteiger partial charge in [-0.2, -0.15) is 0 Å². The lowest BCUT2D eigenvalue weighted by Gasteiger charge is -2.20. The number of benzene rings is 2. The maximum absolute atomic E-state index is 13.8. The van der Waals surface area contributed by atoms with E-state index in [4.69, 9.17) is 5.84 Å². The summed E-state index contributed by atoms with van der Waals surface area (Å²) in [7, 11) is 0. The van der Waals surface area contributed by atoms with Gasteiger partial charge >= 0.3 is 0 Å². The van der Waals surface area contributed by atoms with Crippen LogP contribution in [0.4, 0.5) is 8.78 Å². The Hall–Kier alpha value is -1.78. The molecule has 2 aromatic rings. The van der Waals surface area contributed by atoms with E-state index >= 15 is 0 Å². The Labute approximate surface area is 117 Å². The average Bonchev–Trinajstić information content (AvgIpc) is 2.44. The molecule has 0 aromatic heterocycles. The number of hydrazine groups is 1. The highest BCUT2D eigenvalue weighted by atomic mass is 19.2. The van der Waals surface area contributed by atoms with Crippen molar-refractivity contribution in [2.75, 3.05) is 0 Å². The van der Waals surface area contributed by atoms with E-state index in [0.29, 0.717) is 12.0 Å². The fourth-order valence-corrected chi connectivity index (χ4v) is 2.34. The third-order valence-corrected chi connectivity index (χ3v) is 3.68. The van der Waals surface area contributed by atoms with Crippen LogP contribution in [-0.2, 0) is 6.42 Å². The van der Waals surface area contributed by atoms with Crippen LogP contribution in [0, 0.1) is 25.5 Å². The number of nitrogens with two attached hydrogens (primary N) is 1. The van der Waals surface area contributed by atoms with Crippen molar-refractivity contribution in [2.45, 2.75) is 26.3 Å². The molecule has 0 amide bonds. The van der Waals surface area contributed by atoms with Crippen LogP contribution < -0.4 is 11.3 Å². The van der Waals surface area contributed by atoms with Crippen LogP contribution in [0.5, 0.6) is 0 Å². The van der Waals surface area contributed by atoms with Crippen LogP contribution in [-0.4, -0.2) is 0 Å². The number of hydrogen-bond acceptors (Lipinski definition) is 2. The predicted molar refractivity (Wildman–Crippen MR) is 76.0 cm³/mol. The summed E-state index contributed by atoms with van der Waals surface area (Å²) in [6.07, 6.45) is 0.296. The molecule has 3 N–H and O–H groups in total. The first kappa shape index (κ1) is 14.6. The molecule has 20 heavy (non-hydrogen) atoms. The highest BCUT2D eigenvalue weighted by molar-refractivity contribution is 5.36. The minimum absolute atomic E-state index is 0.258. The van der Waals surface area contributed by atoms with Gasteiger partial charge in [-0.1, -0.05) is 30.3 Å². The van der Waals surface area contributed by atoms with Crippen LogP contribution in [0.2, 0.25) is 0 Å². The Kier molecular flexibility index (Phi) is 4.47. The van der Waals surface area contributed by atoms with E-state index in [0.717, 1.165) is 22.8 Å². The SMILES string of the molecule is Cc1cccc(C(Cc2cccc(F)c2F)NN)c1C. The van der Waals surface area contributed by atoms with E-state index in [-0.39, 0.29) is 6.04 Å². The monoisotopic (exact) mass is 276 g/mol. The van der Waals surface area contributed by atoms with Crippen molar-refractivity contribution in [3.05, 3.63) is 70.3 Å². The summed E-state index contributed by atoms with van der Waals surface area (Å²) >= 11 is 0. The van der Waals surface area contributed by atoms with Gasteiger partial charge in [0.25, 0.3) is 0 Å². The summed E-state index contributed by atoms with van der Waals surface area (Å²) in [5.41, 5.74) is 6.25. The highest BCUT2D eigenvalue weighted by Gasteiger charge is 2.17. The maximum atomic E-state index is 13.8. The lowest BCUT2D eigenvalue weighted by atomic mass is 9.93. The summed E-state index contributed by atoms with van der Waals surface area (Å²) < 4.78 is 27.0. The van der Waals surface area contributed by atoms with Crippen molar-refractivity contribution < 1.29 is 8.78 Å². The van der Waals surface area contributed by atoms with Crippen LogP contribution >= 0.6 is 0 Å². The van der Waals surface area contributed by atoms with Crippen LogP contribution in [0.1, 0.15) is 28.3 Å². The third-order valence-electron chi connectivity index (χ3n) is 3.68. The van der Waals surface area contributed by atoms with E-state index in [9.17, 15) is 8.78 Å². The Morgan fingerprint density at radius 3 is 2.50 bits per heavy atom. The summed E-state index contributed by atoms with van der Waals surface area (Å²) in [4.78, 5) is 0. The smallest absolute Gasteiger partial charge is 0.162 e. The molecule has 1 unspecified atom stereocenters. The zero-order valence-electron chi connectivity index (χ0n) is 11.6. The molecule has 2 aromatic carbocycles. The zero-order chi connectivity index (χ0) is 14.7. The summed E-state index contributed by atoms with van der Waals surface area (Å²) in [6.45, 7) is 4.01. The summed E-state index contributed by atoms with van der Waals surface area (Å²) in [5.74, 6) is 3.95. The number of rotatable bonds is 4. The molecule has 0 fully saturated rings. The topological polar surface area (TPSA) is 38.0 Å². The molecule has 0 radical (unpaired) electrons. The third kappa shape index (κ3) is 2.86. The molecule has 2 rings (SSSR count). The minimum atomic E-state index is -0.834. The van der Waals surface area contributed by atoms with Gasteiger partial charge in [0, 0.05) is 0 Å². The van der Waals surface area contributed by atoms with Crippen molar-refractivity contribution in [3.63, 3.8) is 0 Å². The minimum Gasteiger partial charge on any atom is -0.271 e. The first-order valence-corrected chi connectivity index (χ1v) is 6.49. The fourth-order valence-electron chi connectivity index (χ4n) is 2.34. The molecule has 2 nitrogen and oxygen atoms in total. The van der Waals surface area contributed by atoms with Crippen LogP contribution in [0.25, 0.3) is 0 Å². The second-order valence-electron chi connectivity index (χ2n) is 4.93. The van der Waals surface area contributed by atoms with Gasteiger partial charge in [-0.05, 0) is 48.6 Å². The van der Waals surface area contributed by atoms with Gasteiger partial charge < -0.3 is 0 Å². The van der Waals surface area contributed by atoms with Crippen molar-refractivity contribution in [1.29, 1.82) is 0 Å². The van der Waals surface area contributed by atoms with E-state index < -0.39 is 11.6 Å². The summed E-state index contributed by atoms with van der Waals surface area (Å²) in [5, 5.41) is 0. The highest BCUT2D eigenvalue weighted by Crippen LogP contribution is 2.24. The number of hydrogen-bond donors (Lipinski definition) is 2. The lowest BCUT2D eigenvalue weighted by molar-refractivity contribution is 0.480. The molecular formula is C16H18F2N2. The molecule has 0 aliphatic heterocycles. The van der Waals surface area contributed by atoms with E-state index in [2.05, 4.69) is 5.43 Å². The summed E-state index contributed by atoms with van der Waals surface area (Å²) in [6, 6.07) is 9.83.